The SMILES string of the molecule is O=C(CCl)NCCc1cc(Cl)c2c(c1)OCO2. The standard InChI is InChI=1S/C11H11Cl2NO3/c12-5-10(15)14-2-1-7-3-8(13)11-9(4-7)16-6-17-11/h3-4H,1-2,5-6H2,(H,14,15). The molecular weight excluding hydrogens is 265 g/mol. The molecular formula is C11H11Cl2NO3. The molecule has 17 heavy (non-hydrogen) atoms. The van der Waals surface area contributed by atoms with Crippen LogP contribution in [0.5, 0.6) is 11.5 Å². The van der Waals surface area contributed by atoms with E-state index in [9.17, 15) is 4.79 Å². The van der Waals surface area contributed by atoms with Crippen molar-refractivity contribution in [2.45, 2.75) is 6.42 Å². The zero-order chi connectivity index (χ0) is 12.3. The minimum Gasteiger partial charge on any atom is -0.454 e. The number of alkyl halides is 1. The molecule has 0 bridgehead atoms. The lowest BCUT2D eigenvalue weighted by molar-refractivity contribution is -0.118. The third kappa shape index (κ3) is 2.96. The number of hydrogen-bond donors (Lipinski definition) is 1. The van der Waals surface area contributed by atoms with Gasteiger partial charge < -0.3 is 14.8 Å². The van der Waals surface area contributed by atoms with Gasteiger partial charge in [0.05, 0.1) is 5.02 Å². The van der Waals surface area contributed by atoms with E-state index in [1.807, 2.05) is 12.1 Å². The summed E-state index contributed by atoms with van der Waals surface area (Å²) in [4.78, 5) is 10.9. The Morgan fingerprint density at radius 3 is 3.00 bits per heavy atom. The minimum atomic E-state index is -0.182. The van der Waals surface area contributed by atoms with E-state index in [1.54, 1.807) is 0 Å². The van der Waals surface area contributed by atoms with Crippen LogP contribution in [-0.2, 0) is 11.2 Å². The molecule has 0 fully saturated rings. The van der Waals surface area contributed by atoms with Crippen LogP contribution < -0.4 is 14.8 Å². The predicted octanol–water partition coefficient (Wildman–Crippen LogP) is 1.97. The molecule has 1 heterocycles. The van der Waals surface area contributed by atoms with Crippen molar-refractivity contribution in [1.29, 1.82) is 0 Å². The highest BCUT2D eigenvalue weighted by atomic mass is 35.5. The van der Waals surface area contributed by atoms with Crippen LogP contribution in [0, 0.1) is 0 Å². The minimum absolute atomic E-state index is 0.0259. The Labute approximate surface area is 109 Å². The van der Waals surface area contributed by atoms with Crippen LogP contribution in [0.3, 0.4) is 0 Å². The molecule has 0 atom stereocenters. The molecule has 2 rings (SSSR count). The van der Waals surface area contributed by atoms with E-state index in [2.05, 4.69) is 5.32 Å². The molecule has 1 amide bonds. The van der Waals surface area contributed by atoms with Gasteiger partial charge in [-0.15, -0.1) is 11.6 Å². The van der Waals surface area contributed by atoms with Crippen molar-refractivity contribution in [3.8, 4) is 11.5 Å². The smallest absolute Gasteiger partial charge is 0.234 e. The molecule has 1 N–H and O–H groups in total. The maximum Gasteiger partial charge on any atom is 0.234 e. The van der Waals surface area contributed by atoms with Crippen molar-refractivity contribution in [1.82, 2.24) is 5.32 Å². The summed E-state index contributed by atoms with van der Waals surface area (Å²) in [7, 11) is 0. The van der Waals surface area contributed by atoms with Crippen LogP contribution in [0.4, 0.5) is 0 Å². The summed E-state index contributed by atoms with van der Waals surface area (Å²) in [5, 5.41) is 3.21. The van der Waals surface area contributed by atoms with E-state index < -0.39 is 0 Å². The number of benzene rings is 1. The van der Waals surface area contributed by atoms with Crippen molar-refractivity contribution in [3.63, 3.8) is 0 Å². The number of rotatable bonds is 4. The van der Waals surface area contributed by atoms with Gasteiger partial charge in [-0.3, -0.25) is 4.79 Å². The van der Waals surface area contributed by atoms with Gasteiger partial charge in [0, 0.05) is 6.54 Å². The maximum atomic E-state index is 10.9. The Hall–Kier alpha value is -1.13. The summed E-state index contributed by atoms with van der Waals surface area (Å²) in [6.45, 7) is 0.711. The number of fused-ring (bicyclic) bond motifs is 1. The molecule has 4 nitrogen and oxygen atoms in total. The predicted molar refractivity (Wildman–Crippen MR) is 65.0 cm³/mol. The molecule has 1 aliphatic heterocycles. The third-order valence-electron chi connectivity index (χ3n) is 2.34. The average molecular weight is 276 g/mol. The van der Waals surface area contributed by atoms with E-state index in [0.29, 0.717) is 29.5 Å². The maximum absolute atomic E-state index is 10.9. The second-order valence-electron chi connectivity index (χ2n) is 3.55. The van der Waals surface area contributed by atoms with Gasteiger partial charge in [0.2, 0.25) is 12.7 Å². The van der Waals surface area contributed by atoms with E-state index in [4.69, 9.17) is 32.7 Å². The molecule has 0 aliphatic carbocycles. The first-order valence-electron chi connectivity index (χ1n) is 5.11. The average Bonchev–Trinajstić information content (AvgIpc) is 2.77. The van der Waals surface area contributed by atoms with Crippen LogP contribution in [0.25, 0.3) is 0 Å². The highest BCUT2D eigenvalue weighted by Gasteiger charge is 2.18. The van der Waals surface area contributed by atoms with Crippen molar-refractivity contribution >= 4 is 29.1 Å². The first-order chi connectivity index (χ1) is 8.20. The van der Waals surface area contributed by atoms with Crippen molar-refractivity contribution in [2.75, 3.05) is 19.2 Å². The lowest BCUT2D eigenvalue weighted by atomic mass is 10.1. The van der Waals surface area contributed by atoms with Crippen LogP contribution in [0.1, 0.15) is 5.56 Å². The molecule has 0 spiro atoms. The van der Waals surface area contributed by atoms with E-state index in [-0.39, 0.29) is 18.6 Å². The largest absolute Gasteiger partial charge is 0.454 e. The Morgan fingerprint density at radius 2 is 2.24 bits per heavy atom. The number of ether oxygens (including phenoxy) is 2. The number of amides is 1. The highest BCUT2D eigenvalue weighted by molar-refractivity contribution is 6.32. The normalized spacial score (nSPS) is 12.6. The number of carbonyl (C=O) groups is 1. The van der Waals surface area contributed by atoms with Crippen LogP contribution in [-0.4, -0.2) is 25.1 Å². The molecule has 1 aliphatic rings. The topological polar surface area (TPSA) is 47.6 Å². The lowest BCUT2D eigenvalue weighted by Gasteiger charge is -2.06. The third-order valence-corrected chi connectivity index (χ3v) is 2.87. The summed E-state index contributed by atoms with van der Waals surface area (Å²) in [6, 6.07) is 3.67. The fourth-order valence-corrected chi connectivity index (χ4v) is 1.94. The molecule has 0 aromatic heterocycles. The molecule has 92 valence electrons. The van der Waals surface area contributed by atoms with Crippen molar-refractivity contribution in [2.24, 2.45) is 0 Å². The van der Waals surface area contributed by atoms with E-state index in [0.717, 1.165) is 5.56 Å². The Morgan fingerprint density at radius 1 is 1.41 bits per heavy atom. The summed E-state index contributed by atoms with van der Waals surface area (Å²) in [5.41, 5.74) is 0.981. The van der Waals surface area contributed by atoms with Crippen LogP contribution in [0.15, 0.2) is 12.1 Å². The Balaban J connectivity index is 1.98. The fourth-order valence-electron chi connectivity index (χ4n) is 1.56. The summed E-state index contributed by atoms with van der Waals surface area (Å²) >= 11 is 11.4. The highest BCUT2D eigenvalue weighted by Crippen LogP contribution is 2.39. The molecule has 0 radical (unpaired) electrons. The zero-order valence-electron chi connectivity index (χ0n) is 8.96. The molecule has 0 unspecified atom stereocenters. The van der Waals surface area contributed by atoms with Gasteiger partial charge in [0.15, 0.2) is 11.5 Å². The van der Waals surface area contributed by atoms with Crippen LogP contribution in [0.2, 0.25) is 5.02 Å². The van der Waals surface area contributed by atoms with E-state index in [1.165, 1.54) is 0 Å². The molecule has 6 heteroatoms. The lowest BCUT2D eigenvalue weighted by Crippen LogP contribution is -2.26. The molecule has 1 aromatic carbocycles. The number of hydrogen-bond acceptors (Lipinski definition) is 3. The zero-order valence-corrected chi connectivity index (χ0v) is 10.5. The van der Waals surface area contributed by atoms with Crippen molar-refractivity contribution in [3.05, 3.63) is 22.7 Å². The fraction of sp³-hybridized carbons (Fsp3) is 0.364. The molecule has 0 saturated carbocycles. The first kappa shape index (κ1) is 12.3. The van der Waals surface area contributed by atoms with Gasteiger partial charge in [0.25, 0.3) is 0 Å². The second kappa shape index (κ2) is 5.47. The quantitative estimate of drug-likeness (QED) is 0.855. The molecule has 1 aromatic rings. The Kier molecular flexibility index (Phi) is 3.97. The number of nitrogens with one attached hydrogen (secondary N) is 1. The number of carbonyl (C=O) groups excluding carboxylic acids is 1. The van der Waals surface area contributed by atoms with Gasteiger partial charge in [-0.05, 0) is 24.1 Å². The second-order valence-corrected chi connectivity index (χ2v) is 4.22. The van der Waals surface area contributed by atoms with Gasteiger partial charge in [-0.1, -0.05) is 11.6 Å². The summed E-state index contributed by atoms with van der Waals surface area (Å²) in [5.74, 6) is 1.02. The summed E-state index contributed by atoms with van der Waals surface area (Å²) < 4.78 is 10.5. The summed E-state index contributed by atoms with van der Waals surface area (Å²) in [6.07, 6.45) is 0.666. The van der Waals surface area contributed by atoms with Gasteiger partial charge in [-0.25, -0.2) is 0 Å². The monoisotopic (exact) mass is 275 g/mol. The van der Waals surface area contributed by atoms with E-state index >= 15 is 0 Å². The first-order valence-corrected chi connectivity index (χ1v) is 6.02. The van der Waals surface area contributed by atoms with Crippen LogP contribution >= 0.6 is 23.2 Å². The number of halogens is 2. The van der Waals surface area contributed by atoms with Gasteiger partial charge >= 0.3 is 0 Å². The molecule has 0 saturated heterocycles. The van der Waals surface area contributed by atoms with Crippen molar-refractivity contribution < 1.29 is 14.3 Å². The van der Waals surface area contributed by atoms with Gasteiger partial charge in [-0.2, -0.15) is 0 Å². The Bertz CT molecular complexity index is 437. The van der Waals surface area contributed by atoms with Gasteiger partial charge in [0.1, 0.15) is 5.88 Å².